The quantitative estimate of drug-likeness (QED) is 0.711. The highest BCUT2D eigenvalue weighted by Gasteiger charge is 2.34. The van der Waals surface area contributed by atoms with Crippen LogP contribution >= 0.6 is 11.6 Å². The molecule has 1 aliphatic carbocycles. The SMILES string of the molecule is O=c1c(Cl)c(N2CC3CC=CCC3C2)cnn1-c1cccc(C(F)(F)F)c1. The van der Waals surface area contributed by atoms with E-state index in [2.05, 4.69) is 22.2 Å². The topological polar surface area (TPSA) is 38.1 Å². The molecule has 1 saturated heterocycles. The lowest BCUT2D eigenvalue weighted by molar-refractivity contribution is -0.137. The van der Waals surface area contributed by atoms with Gasteiger partial charge in [0, 0.05) is 13.1 Å². The molecule has 142 valence electrons. The molecule has 2 aliphatic rings. The number of nitrogens with zero attached hydrogens (tertiary/aromatic N) is 3. The van der Waals surface area contributed by atoms with Crippen molar-refractivity contribution in [3.63, 3.8) is 0 Å². The third-order valence-electron chi connectivity index (χ3n) is 5.28. The molecule has 1 fully saturated rings. The van der Waals surface area contributed by atoms with E-state index in [1.165, 1.54) is 18.3 Å². The number of fused-ring (bicyclic) bond motifs is 1. The van der Waals surface area contributed by atoms with Gasteiger partial charge in [-0.05, 0) is 42.9 Å². The average Bonchev–Trinajstić information content (AvgIpc) is 3.07. The Morgan fingerprint density at radius 1 is 1.11 bits per heavy atom. The third kappa shape index (κ3) is 3.36. The number of alkyl halides is 3. The molecule has 1 aromatic heterocycles. The van der Waals surface area contributed by atoms with E-state index in [-0.39, 0.29) is 10.7 Å². The van der Waals surface area contributed by atoms with Crippen LogP contribution in [0.15, 0.2) is 47.4 Å². The number of anilines is 1. The largest absolute Gasteiger partial charge is 0.416 e. The fraction of sp³-hybridized carbons (Fsp3) is 0.368. The molecule has 2 unspecified atom stereocenters. The minimum atomic E-state index is -4.50. The van der Waals surface area contributed by atoms with Crippen molar-refractivity contribution in [3.05, 3.63) is 63.6 Å². The summed E-state index contributed by atoms with van der Waals surface area (Å²) in [6, 6.07) is 4.48. The Labute approximate surface area is 158 Å². The molecule has 8 heteroatoms. The molecule has 27 heavy (non-hydrogen) atoms. The summed E-state index contributed by atoms with van der Waals surface area (Å²) in [5, 5.41) is 4.07. The lowest BCUT2D eigenvalue weighted by Gasteiger charge is -2.20. The maximum absolute atomic E-state index is 12.9. The van der Waals surface area contributed by atoms with Gasteiger partial charge in [-0.1, -0.05) is 29.8 Å². The van der Waals surface area contributed by atoms with Crippen LogP contribution in [0.25, 0.3) is 5.69 Å². The molecular formula is C19H17ClF3N3O. The van der Waals surface area contributed by atoms with E-state index in [1.54, 1.807) is 0 Å². The van der Waals surface area contributed by atoms with Gasteiger partial charge in [0.1, 0.15) is 5.02 Å². The number of benzene rings is 1. The zero-order valence-electron chi connectivity index (χ0n) is 14.3. The molecule has 0 spiro atoms. The van der Waals surface area contributed by atoms with Gasteiger partial charge in [0.05, 0.1) is 23.1 Å². The van der Waals surface area contributed by atoms with Crippen molar-refractivity contribution in [2.45, 2.75) is 19.0 Å². The number of halogens is 4. The Hall–Kier alpha value is -2.28. The molecule has 0 radical (unpaired) electrons. The van der Waals surface area contributed by atoms with Gasteiger partial charge in [0.25, 0.3) is 5.56 Å². The van der Waals surface area contributed by atoms with Crippen LogP contribution < -0.4 is 10.5 Å². The van der Waals surface area contributed by atoms with Crippen molar-refractivity contribution in [3.8, 4) is 5.69 Å². The Bertz CT molecular complexity index is 938. The first kappa shape index (κ1) is 18.1. The van der Waals surface area contributed by atoms with Gasteiger partial charge in [-0.15, -0.1) is 0 Å². The molecule has 0 bridgehead atoms. The molecule has 0 amide bonds. The average molecular weight is 396 g/mol. The maximum Gasteiger partial charge on any atom is 0.416 e. The summed E-state index contributed by atoms with van der Waals surface area (Å²) in [5.41, 5.74) is -0.895. The summed E-state index contributed by atoms with van der Waals surface area (Å²) in [4.78, 5) is 14.7. The number of aromatic nitrogens is 2. The zero-order valence-corrected chi connectivity index (χ0v) is 15.0. The van der Waals surface area contributed by atoms with Crippen LogP contribution in [-0.2, 0) is 6.18 Å². The molecular weight excluding hydrogens is 379 g/mol. The highest BCUT2D eigenvalue weighted by Crippen LogP contribution is 2.37. The number of hydrogen-bond donors (Lipinski definition) is 0. The van der Waals surface area contributed by atoms with Gasteiger partial charge < -0.3 is 4.90 Å². The summed E-state index contributed by atoms with van der Waals surface area (Å²) < 4.78 is 39.7. The highest BCUT2D eigenvalue weighted by atomic mass is 35.5. The molecule has 2 heterocycles. The van der Waals surface area contributed by atoms with E-state index in [4.69, 9.17) is 11.6 Å². The summed E-state index contributed by atoms with van der Waals surface area (Å²) in [6.07, 6.45) is 3.34. The molecule has 4 rings (SSSR count). The van der Waals surface area contributed by atoms with Crippen molar-refractivity contribution in [1.29, 1.82) is 0 Å². The predicted octanol–water partition coefficient (Wildman–Crippen LogP) is 4.31. The molecule has 0 N–H and O–H groups in total. The lowest BCUT2D eigenvalue weighted by atomic mass is 9.86. The Kier molecular flexibility index (Phi) is 4.50. The minimum absolute atomic E-state index is 0.0194. The highest BCUT2D eigenvalue weighted by molar-refractivity contribution is 6.33. The second kappa shape index (κ2) is 6.71. The van der Waals surface area contributed by atoms with Gasteiger partial charge >= 0.3 is 6.18 Å². The van der Waals surface area contributed by atoms with Gasteiger partial charge in [0.15, 0.2) is 0 Å². The van der Waals surface area contributed by atoms with E-state index in [1.807, 2.05) is 0 Å². The van der Waals surface area contributed by atoms with Crippen molar-refractivity contribution in [2.24, 2.45) is 11.8 Å². The van der Waals surface area contributed by atoms with Crippen molar-refractivity contribution in [1.82, 2.24) is 9.78 Å². The van der Waals surface area contributed by atoms with Crippen molar-refractivity contribution < 1.29 is 13.2 Å². The summed E-state index contributed by atoms with van der Waals surface area (Å²) in [7, 11) is 0. The van der Waals surface area contributed by atoms with E-state index in [0.717, 1.165) is 42.7 Å². The van der Waals surface area contributed by atoms with Crippen LogP contribution in [0.1, 0.15) is 18.4 Å². The number of hydrogen-bond acceptors (Lipinski definition) is 3. The van der Waals surface area contributed by atoms with Crippen molar-refractivity contribution >= 4 is 17.3 Å². The predicted molar refractivity (Wildman–Crippen MR) is 97.4 cm³/mol. The fourth-order valence-corrected chi connectivity index (χ4v) is 4.10. The smallest absolute Gasteiger partial charge is 0.368 e. The first-order valence-corrected chi connectivity index (χ1v) is 9.08. The van der Waals surface area contributed by atoms with E-state index in [9.17, 15) is 18.0 Å². The first-order valence-electron chi connectivity index (χ1n) is 8.70. The molecule has 1 aromatic carbocycles. The molecule has 4 nitrogen and oxygen atoms in total. The molecule has 2 atom stereocenters. The normalized spacial score (nSPS) is 22.1. The monoisotopic (exact) mass is 395 g/mol. The molecule has 0 saturated carbocycles. The fourth-order valence-electron chi connectivity index (χ4n) is 3.85. The van der Waals surface area contributed by atoms with Gasteiger partial charge in [-0.3, -0.25) is 4.79 Å². The maximum atomic E-state index is 12.9. The molecule has 1 aliphatic heterocycles. The number of allylic oxidation sites excluding steroid dienone is 2. The van der Waals surface area contributed by atoms with Gasteiger partial charge in [-0.2, -0.15) is 23.0 Å². The minimum Gasteiger partial charge on any atom is -0.368 e. The summed E-state index contributed by atoms with van der Waals surface area (Å²) >= 11 is 6.30. The van der Waals surface area contributed by atoms with Gasteiger partial charge in [-0.25, -0.2) is 0 Å². The zero-order chi connectivity index (χ0) is 19.2. The van der Waals surface area contributed by atoms with Crippen LogP contribution in [0.3, 0.4) is 0 Å². The van der Waals surface area contributed by atoms with Crippen LogP contribution in [0.2, 0.25) is 5.02 Å². The standard InChI is InChI=1S/C19H17ClF3N3O/c20-17-16(25-10-12-4-1-2-5-13(12)11-25)9-24-26(18(17)27)15-7-3-6-14(8-15)19(21,22)23/h1-3,6-9,12-13H,4-5,10-11H2. The second-order valence-electron chi connectivity index (χ2n) is 6.98. The van der Waals surface area contributed by atoms with Crippen LogP contribution in [0.5, 0.6) is 0 Å². The van der Waals surface area contributed by atoms with Crippen LogP contribution in [0, 0.1) is 11.8 Å². The third-order valence-corrected chi connectivity index (χ3v) is 5.64. The van der Waals surface area contributed by atoms with E-state index in [0.29, 0.717) is 17.5 Å². The summed E-state index contributed by atoms with van der Waals surface area (Å²) in [5.74, 6) is 1.05. The number of rotatable bonds is 2. The summed E-state index contributed by atoms with van der Waals surface area (Å²) in [6.45, 7) is 1.59. The molecule has 2 aromatic rings. The Morgan fingerprint density at radius 3 is 2.41 bits per heavy atom. The Morgan fingerprint density at radius 2 is 1.78 bits per heavy atom. The Balaban J connectivity index is 1.67. The second-order valence-corrected chi connectivity index (χ2v) is 7.35. The van der Waals surface area contributed by atoms with Crippen LogP contribution in [0.4, 0.5) is 18.9 Å². The van der Waals surface area contributed by atoms with Gasteiger partial charge in [0.2, 0.25) is 0 Å². The first-order chi connectivity index (χ1) is 12.8. The lowest BCUT2D eigenvalue weighted by Crippen LogP contribution is -2.27. The van der Waals surface area contributed by atoms with Crippen molar-refractivity contribution in [2.75, 3.05) is 18.0 Å². The van der Waals surface area contributed by atoms with E-state index < -0.39 is 17.3 Å². The van der Waals surface area contributed by atoms with E-state index >= 15 is 0 Å². The van der Waals surface area contributed by atoms with Crippen LogP contribution in [-0.4, -0.2) is 22.9 Å².